The Balaban J connectivity index is 1.59. The largest absolute Gasteiger partial charge is 0.488 e. The predicted molar refractivity (Wildman–Crippen MR) is 153 cm³/mol. The Hall–Kier alpha value is -4.54. The van der Waals surface area contributed by atoms with Crippen LogP contribution in [0.5, 0.6) is 17.2 Å². The van der Waals surface area contributed by atoms with E-state index in [4.69, 9.17) is 23.9 Å². The lowest BCUT2D eigenvalue weighted by molar-refractivity contribution is 0.0514. The Morgan fingerprint density at radius 1 is 0.875 bits per heavy atom. The maximum atomic E-state index is 12.9. The molecule has 0 aliphatic carbocycles. The molecular weight excluding hydrogens is 514 g/mol. The molecule has 0 fully saturated rings. The first-order valence-corrected chi connectivity index (χ1v) is 13.5. The van der Waals surface area contributed by atoms with E-state index in [1.807, 2.05) is 6.92 Å². The third-order valence-electron chi connectivity index (χ3n) is 5.92. The highest BCUT2D eigenvalue weighted by atomic mass is 16.7. The SMILES string of the molecule is CCCN(CCC)c1nc(-c2ccc(NC(=O)Nc3ccc4c(c3)OCO4)cc2)nc(C(=O)OCC)c1OCC. The number of benzene rings is 2. The summed E-state index contributed by atoms with van der Waals surface area (Å²) in [4.78, 5) is 37.0. The minimum absolute atomic E-state index is 0.0891. The minimum Gasteiger partial charge on any atom is -0.488 e. The molecular formula is C29H35N5O6. The normalized spacial score (nSPS) is 11.6. The van der Waals surface area contributed by atoms with Gasteiger partial charge in [0.2, 0.25) is 6.79 Å². The number of aromatic nitrogens is 2. The number of nitrogens with one attached hydrogen (secondary N) is 2. The fourth-order valence-corrected chi connectivity index (χ4v) is 4.23. The predicted octanol–water partition coefficient (Wildman–Crippen LogP) is 5.72. The van der Waals surface area contributed by atoms with Crippen molar-refractivity contribution in [3.05, 3.63) is 48.2 Å². The van der Waals surface area contributed by atoms with Gasteiger partial charge in [0.05, 0.1) is 13.2 Å². The number of carbonyl (C=O) groups is 2. The van der Waals surface area contributed by atoms with Crippen LogP contribution >= 0.6 is 0 Å². The molecule has 0 unspecified atom stereocenters. The number of nitrogens with zero attached hydrogens (tertiary/aromatic N) is 3. The van der Waals surface area contributed by atoms with Crippen molar-refractivity contribution in [2.75, 3.05) is 48.6 Å². The van der Waals surface area contributed by atoms with E-state index in [0.29, 0.717) is 52.4 Å². The van der Waals surface area contributed by atoms with Gasteiger partial charge < -0.3 is 34.5 Å². The zero-order valence-corrected chi connectivity index (χ0v) is 23.3. The van der Waals surface area contributed by atoms with Crippen LogP contribution in [0.3, 0.4) is 0 Å². The second-order valence-corrected chi connectivity index (χ2v) is 8.91. The molecule has 11 heteroatoms. The van der Waals surface area contributed by atoms with Crippen molar-refractivity contribution in [2.24, 2.45) is 0 Å². The number of ether oxygens (including phenoxy) is 4. The fourth-order valence-electron chi connectivity index (χ4n) is 4.23. The van der Waals surface area contributed by atoms with Crippen molar-refractivity contribution in [3.63, 3.8) is 0 Å². The number of carbonyl (C=O) groups excluding carboxylic acids is 2. The molecule has 40 heavy (non-hydrogen) atoms. The van der Waals surface area contributed by atoms with Gasteiger partial charge in [-0.05, 0) is 63.1 Å². The Morgan fingerprint density at radius 2 is 1.55 bits per heavy atom. The zero-order valence-electron chi connectivity index (χ0n) is 23.3. The summed E-state index contributed by atoms with van der Waals surface area (Å²) in [6.07, 6.45) is 1.79. The van der Waals surface area contributed by atoms with E-state index in [1.165, 1.54) is 0 Å². The van der Waals surface area contributed by atoms with E-state index >= 15 is 0 Å². The average Bonchev–Trinajstić information content (AvgIpc) is 3.42. The van der Waals surface area contributed by atoms with E-state index in [-0.39, 0.29) is 19.1 Å². The lowest BCUT2D eigenvalue weighted by Gasteiger charge is -2.26. The highest BCUT2D eigenvalue weighted by Gasteiger charge is 2.26. The Morgan fingerprint density at radius 3 is 2.23 bits per heavy atom. The molecule has 0 saturated heterocycles. The summed E-state index contributed by atoms with van der Waals surface area (Å²) in [5, 5.41) is 5.59. The van der Waals surface area contributed by atoms with Gasteiger partial charge in [0, 0.05) is 36.1 Å². The van der Waals surface area contributed by atoms with Crippen LogP contribution in [0.1, 0.15) is 51.0 Å². The summed E-state index contributed by atoms with van der Waals surface area (Å²) in [7, 11) is 0. The topological polar surface area (TPSA) is 124 Å². The van der Waals surface area contributed by atoms with Crippen LogP contribution in [-0.4, -0.2) is 55.1 Å². The van der Waals surface area contributed by atoms with Crippen molar-refractivity contribution in [1.82, 2.24) is 9.97 Å². The molecule has 2 heterocycles. The molecule has 2 amide bonds. The molecule has 0 spiro atoms. The van der Waals surface area contributed by atoms with Crippen molar-refractivity contribution in [1.29, 1.82) is 0 Å². The molecule has 11 nitrogen and oxygen atoms in total. The molecule has 2 aromatic carbocycles. The van der Waals surface area contributed by atoms with Crippen LogP contribution < -0.4 is 29.7 Å². The molecule has 1 aromatic heterocycles. The van der Waals surface area contributed by atoms with Crippen LogP contribution in [0.2, 0.25) is 0 Å². The number of hydrogen-bond acceptors (Lipinski definition) is 9. The maximum Gasteiger partial charge on any atom is 0.361 e. The highest BCUT2D eigenvalue weighted by molar-refractivity contribution is 6.00. The molecule has 3 aromatic rings. The van der Waals surface area contributed by atoms with E-state index in [9.17, 15) is 9.59 Å². The molecule has 1 aliphatic heterocycles. The lowest BCUT2D eigenvalue weighted by atomic mass is 10.1. The molecule has 0 saturated carbocycles. The van der Waals surface area contributed by atoms with Gasteiger partial charge in [-0.2, -0.15) is 0 Å². The monoisotopic (exact) mass is 549 g/mol. The van der Waals surface area contributed by atoms with Gasteiger partial charge in [0.15, 0.2) is 34.6 Å². The summed E-state index contributed by atoms with van der Waals surface area (Å²) < 4.78 is 21.9. The summed E-state index contributed by atoms with van der Waals surface area (Å²) in [6.45, 7) is 9.98. The van der Waals surface area contributed by atoms with E-state index < -0.39 is 12.0 Å². The third-order valence-corrected chi connectivity index (χ3v) is 5.92. The van der Waals surface area contributed by atoms with Crippen LogP contribution in [-0.2, 0) is 4.74 Å². The van der Waals surface area contributed by atoms with E-state index in [0.717, 1.165) is 25.9 Å². The molecule has 0 bridgehead atoms. The number of urea groups is 1. The summed E-state index contributed by atoms with van der Waals surface area (Å²) in [5.74, 6) is 1.89. The summed E-state index contributed by atoms with van der Waals surface area (Å²) in [5.41, 5.74) is 1.90. The Kier molecular flexibility index (Phi) is 9.61. The third kappa shape index (κ3) is 6.71. The standard InChI is InChI=1S/C29H35N5O6/c1-5-15-34(16-6-2)27-25(37-7-3)24(28(35)38-8-4)32-26(33-27)19-9-11-20(12-10-19)30-29(36)31-21-13-14-22-23(17-21)40-18-39-22/h9-14,17H,5-8,15-16,18H2,1-4H3,(H2,30,31,36). The second kappa shape index (κ2) is 13.5. The van der Waals surface area contributed by atoms with Gasteiger partial charge in [-0.1, -0.05) is 13.8 Å². The Bertz CT molecular complexity index is 1330. The van der Waals surface area contributed by atoms with E-state index in [1.54, 1.807) is 49.4 Å². The van der Waals surface area contributed by atoms with Crippen molar-refractivity contribution < 1.29 is 28.5 Å². The van der Waals surface area contributed by atoms with Crippen LogP contribution in [0.25, 0.3) is 11.4 Å². The van der Waals surface area contributed by atoms with Gasteiger partial charge in [-0.3, -0.25) is 0 Å². The summed E-state index contributed by atoms with van der Waals surface area (Å²) in [6, 6.07) is 11.8. The van der Waals surface area contributed by atoms with Gasteiger partial charge in [0.1, 0.15) is 0 Å². The van der Waals surface area contributed by atoms with Crippen molar-refractivity contribution >= 4 is 29.2 Å². The highest BCUT2D eigenvalue weighted by Crippen LogP contribution is 2.35. The Labute approximate surface area is 233 Å². The van der Waals surface area contributed by atoms with Crippen LogP contribution in [0, 0.1) is 0 Å². The van der Waals surface area contributed by atoms with Crippen LogP contribution in [0.4, 0.5) is 22.0 Å². The van der Waals surface area contributed by atoms with Gasteiger partial charge in [-0.25, -0.2) is 19.6 Å². The summed E-state index contributed by atoms with van der Waals surface area (Å²) >= 11 is 0. The van der Waals surface area contributed by atoms with Crippen molar-refractivity contribution in [2.45, 2.75) is 40.5 Å². The quantitative estimate of drug-likeness (QED) is 0.273. The van der Waals surface area contributed by atoms with Gasteiger partial charge in [0.25, 0.3) is 0 Å². The van der Waals surface area contributed by atoms with Crippen molar-refractivity contribution in [3.8, 4) is 28.6 Å². The number of fused-ring (bicyclic) bond motifs is 1. The molecule has 0 radical (unpaired) electrons. The van der Waals surface area contributed by atoms with Gasteiger partial charge >= 0.3 is 12.0 Å². The smallest absolute Gasteiger partial charge is 0.361 e. The first-order chi connectivity index (χ1) is 19.5. The molecule has 212 valence electrons. The first kappa shape index (κ1) is 28.5. The molecule has 0 atom stereocenters. The molecule has 1 aliphatic rings. The fraction of sp³-hybridized carbons (Fsp3) is 0.379. The maximum absolute atomic E-state index is 12.9. The molecule has 2 N–H and O–H groups in total. The number of rotatable bonds is 12. The number of hydrogen-bond donors (Lipinski definition) is 2. The van der Waals surface area contributed by atoms with Gasteiger partial charge in [-0.15, -0.1) is 0 Å². The number of anilines is 3. The minimum atomic E-state index is -0.567. The van der Waals surface area contributed by atoms with E-state index in [2.05, 4.69) is 34.4 Å². The number of esters is 1. The number of amides is 2. The van der Waals surface area contributed by atoms with Crippen LogP contribution in [0.15, 0.2) is 42.5 Å². The second-order valence-electron chi connectivity index (χ2n) is 8.91. The zero-order chi connectivity index (χ0) is 28.5. The average molecular weight is 550 g/mol. The first-order valence-electron chi connectivity index (χ1n) is 13.5. The lowest BCUT2D eigenvalue weighted by Crippen LogP contribution is -2.28. The molecule has 4 rings (SSSR count).